The van der Waals surface area contributed by atoms with Gasteiger partial charge < -0.3 is 24.4 Å². The largest absolute Gasteiger partial charge is 0.493 e. The Morgan fingerprint density at radius 1 is 1.02 bits per heavy atom. The topological polar surface area (TPSA) is 76.2 Å². The van der Waals surface area contributed by atoms with Crippen LogP contribution < -0.4 is 15.0 Å². The Kier molecular flexibility index (Phi) is 12.1. The number of hydrogen-bond acceptors (Lipinski definition) is 8. The average Bonchev–Trinajstić information content (AvgIpc) is 3.87. The van der Waals surface area contributed by atoms with Crippen molar-refractivity contribution in [3.05, 3.63) is 95.0 Å². The Morgan fingerprint density at radius 3 is 2.47 bits per heavy atom. The maximum atomic E-state index is 13.8. The van der Waals surface area contributed by atoms with E-state index in [0.29, 0.717) is 19.1 Å². The SMILES string of the molecule is C1CCOC1.CCOc1ccccc1-c1ccc2c(c1)C=C(C(=O)Nc1ccc(CN(C)C3CCOCC3)cc1)CC(C)N2c1nccs1. The van der Waals surface area contributed by atoms with Gasteiger partial charge in [-0.25, -0.2) is 4.98 Å². The quantitative estimate of drug-likeness (QED) is 0.190. The number of ether oxygens (including phenoxy) is 3. The first-order chi connectivity index (χ1) is 24.0. The fraction of sp³-hybridized carbons (Fsp3) is 0.400. The number of aromatic nitrogens is 1. The van der Waals surface area contributed by atoms with Crippen molar-refractivity contribution in [1.29, 1.82) is 0 Å². The molecule has 0 bridgehead atoms. The molecule has 0 aliphatic carbocycles. The zero-order valence-electron chi connectivity index (χ0n) is 28.9. The summed E-state index contributed by atoms with van der Waals surface area (Å²) in [4.78, 5) is 23.1. The third-order valence-electron chi connectivity index (χ3n) is 9.27. The summed E-state index contributed by atoms with van der Waals surface area (Å²) in [5.74, 6) is 0.758. The summed E-state index contributed by atoms with van der Waals surface area (Å²) in [6, 6.07) is 23.3. The molecule has 1 unspecified atom stereocenters. The molecule has 3 aliphatic rings. The van der Waals surface area contributed by atoms with Gasteiger partial charge in [-0.2, -0.15) is 0 Å². The number of nitrogens with zero attached hydrogens (tertiary/aromatic N) is 3. The van der Waals surface area contributed by atoms with E-state index >= 15 is 0 Å². The van der Waals surface area contributed by atoms with Gasteiger partial charge in [0.15, 0.2) is 5.13 Å². The third-order valence-corrected chi connectivity index (χ3v) is 10.0. The van der Waals surface area contributed by atoms with Crippen LogP contribution in [0.15, 0.2) is 83.9 Å². The highest BCUT2D eigenvalue weighted by Crippen LogP contribution is 2.41. The van der Waals surface area contributed by atoms with Crippen molar-refractivity contribution >= 4 is 39.8 Å². The molecule has 1 N–H and O–H groups in total. The van der Waals surface area contributed by atoms with Crippen molar-refractivity contribution in [2.75, 3.05) is 50.3 Å². The molecule has 3 aliphatic heterocycles. The van der Waals surface area contributed by atoms with Crippen LogP contribution >= 0.6 is 11.3 Å². The summed E-state index contributed by atoms with van der Waals surface area (Å²) in [5.41, 5.74) is 6.83. The van der Waals surface area contributed by atoms with Crippen molar-refractivity contribution in [2.24, 2.45) is 0 Å². The minimum absolute atomic E-state index is 0.0315. The Bertz CT molecular complexity index is 1670. The van der Waals surface area contributed by atoms with Crippen LogP contribution in [-0.4, -0.2) is 68.0 Å². The first kappa shape index (κ1) is 34.8. The Labute approximate surface area is 294 Å². The van der Waals surface area contributed by atoms with Crippen LogP contribution in [0.25, 0.3) is 17.2 Å². The number of benzene rings is 3. The lowest BCUT2D eigenvalue weighted by Gasteiger charge is -2.31. The van der Waals surface area contributed by atoms with Crippen LogP contribution in [-0.2, 0) is 20.8 Å². The second-order valence-electron chi connectivity index (χ2n) is 12.8. The molecule has 1 aromatic heterocycles. The van der Waals surface area contributed by atoms with E-state index in [1.54, 1.807) is 11.3 Å². The molecule has 0 spiro atoms. The molecule has 1 amide bonds. The van der Waals surface area contributed by atoms with Crippen LogP contribution in [0.1, 0.15) is 57.1 Å². The van der Waals surface area contributed by atoms with Crippen molar-refractivity contribution in [2.45, 2.75) is 64.6 Å². The molecule has 4 aromatic rings. The number of para-hydroxylation sites is 1. The first-order valence-electron chi connectivity index (χ1n) is 17.5. The molecule has 1 atom stereocenters. The van der Waals surface area contributed by atoms with Gasteiger partial charge >= 0.3 is 0 Å². The van der Waals surface area contributed by atoms with E-state index in [9.17, 15) is 4.79 Å². The van der Waals surface area contributed by atoms with Crippen LogP contribution in [0.2, 0.25) is 0 Å². The van der Waals surface area contributed by atoms with Gasteiger partial charge in [-0.3, -0.25) is 9.69 Å². The van der Waals surface area contributed by atoms with Gasteiger partial charge in [-0.1, -0.05) is 36.4 Å². The molecule has 0 saturated carbocycles. The average molecular weight is 681 g/mol. The summed E-state index contributed by atoms with van der Waals surface area (Å²) >= 11 is 1.60. The lowest BCUT2D eigenvalue weighted by atomic mass is 9.99. The fourth-order valence-corrected chi connectivity index (χ4v) is 7.44. The van der Waals surface area contributed by atoms with Gasteiger partial charge in [-0.15, -0.1) is 11.3 Å². The maximum Gasteiger partial charge on any atom is 0.251 e. The Balaban J connectivity index is 0.000000765. The first-order valence-corrected chi connectivity index (χ1v) is 18.4. The number of fused-ring (bicyclic) bond motifs is 1. The summed E-state index contributed by atoms with van der Waals surface area (Å²) in [6.45, 7) is 9.29. The van der Waals surface area contributed by atoms with Crippen LogP contribution in [0.4, 0.5) is 16.5 Å². The number of hydrogen-bond donors (Lipinski definition) is 1. The number of nitrogens with one attached hydrogen (secondary N) is 1. The van der Waals surface area contributed by atoms with E-state index in [1.165, 1.54) is 18.4 Å². The molecule has 3 aromatic carbocycles. The summed E-state index contributed by atoms with van der Waals surface area (Å²) in [6.07, 6.45) is 9.15. The number of rotatable bonds is 9. The predicted octanol–water partition coefficient (Wildman–Crippen LogP) is 8.57. The monoisotopic (exact) mass is 680 g/mol. The Morgan fingerprint density at radius 2 is 1.78 bits per heavy atom. The minimum atomic E-state index is -0.0871. The highest BCUT2D eigenvalue weighted by Gasteiger charge is 2.28. The number of carbonyl (C=O) groups excluding carboxylic acids is 1. The lowest BCUT2D eigenvalue weighted by molar-refractivity contribution is -0.112. The molecule has 8 nitrogen and oxygen atoms in total. The van der Waals surface area contributed by atoms with Crippen LogP contribution in [0.5, 0.6) is 5.75 Å². The number of anilines is 3. The minimum Gasteiger partial charge on any atom is -0.493 e. The molecule has 4 heterocycles. The number of thiazole rings is 1. The highest BCUT2D eigenvalue weighted by molar-refractivity contribution is 7.13. The van der Waals surface area contributed by atoms with Crippen molar-refractivity contribution in [1.82, 2.24) is 9.88 Å². The van der Waals surface area contributed by atoms with Crippen molar-refractivity contribution in [3.8, 4) is 16.9 Å². The standard InChI is InChI=1S/C36H40N4O3S.C4H8O/c1-4-43-34-8-6-5-7-32(34)27-11-14-33-28(22-27)23-29(21-25(2)40(33)36-37-17-20-44-36)35(41)38-30-12-9-26(10-13-30)24-39(3)31-15-18-42-19-16-31;1-2-4-5-3-1/h5-14,17,20,22-23,25,31H,4,15-16,18-19,21,24H2,1-3H3,(H,38,41);1-4H2. The summed E-state index contributed by atoms with van der Waals surface area (Å²) in [7, 11) is 2.18. The van der Waals surface area contributed by atoms with Crippen molar-refractivity contribution < 1.29 is 19.0 Å². The van der Waals surface area contributed by atoms with Crippen LogP contribution in [0.3, 0.4) is 0 Å². The van der Waals surface area contributed by atoms with Gasteiger partial charge in [0.2, 0.25) is 0 Å². The molecule has 9 heteroatoms. The van der Waals surface area contributed by atoms with Crippen LogP contribution in [0, 0.1) is 0 Å². The van der Waals surface area contributed by atoms with Gasteiger partial charge in [0.1, 0.15) is 5.75 Å². The van der Waals surface area contributed by atoms with E-state index < -0.39 is 0 Å². The normalized spacial score (nSPS) is 17.8. The Hall–Kier alpha value is -4.02. The van der Waals surface area contributed by atoms with Gasteiger partial charge in [-0.05, 0) is 106 Å². The van der Waals surface area contributed by atoms with Gasteiger partial charge in [0.25, 0.3) is 5.91 Å². The summed E-state index contributed by atoms with van der Waals surface area (Å²) in [5, 5.41) is 6.07. The second-order valence-corrected chi connectivity index (χ2v) is 13.7. The van der Waals surface area contributed by atoms with Gasteiger partial charge in [0, 0.05) is 73.5 Å². The zero-order valence-corrected chi connectivity index (χ0v) is 29.7. The maximum absolute atomic E-state index is 13.8. The molecule has 49 heavy (non-hydrogen) atoms. The fourth-order valence-electron chi connectivity index (χ4n) is 6.68. The highest BCUT2D eigenvalue weighted by atomic mass is 32.1. The number of carbonyl (C=O) groups is 1. The molecular weight excluding hydrogens is 633 g/mol. The lowest BCUT2D eigenvalue weighted by Crippen LogP contribution is -2.36. The molecule has 0 radical (unpaired) electrons. The molecule has 2 saturated heterocycles. The van der Waals surface area contributed by atoms with E-state index in [2.05, 4.69) is 70.5 Å². The van der Waals surface area contributed by atoms with E-state index in [4.69, 9.17) is 14.2 Å². The summed E-state index contributed by atoms with van der Waals surface area (Å²) < 4.78 is 16.4. The van der Waals surface area contributed by atoms with Gasteiger partial charge in [0.05, 0.1) is 12.3 Å². The number of amides is 1. The molecule has 258 valence electrons. The second kappa shape index (κ2) is 17.1. The van der Waals surface area contributed by atoms with E-state index in [0.717, 1.165) is 90.3 Å². The van der Waals surface area contributed by atoms with E-state index in [-0.39, 0.29) is 11.9 Å². The zero-order chi connectivity index (χ0) is 34.0. The predicted molar refractivity (Wildman–Crippen MR) is 200 cm³/mol. The molecule has 2 fully saturated rings. The molecule has 7 rings (SSSR count). The smallest absolute Gasteiger partial charge is 0.251 e. The van der Waals surface area contributed by atoms with Crippen molar-refractivity contribution in [3.63, 3.8) is 0 Å². The third kappa shape index (κ3) is 8.97. The van der Waals surface area contributed by atoms with E-state index in [1.807, 2.05) is 54.9 Å². The molecular formula is C40H48N4O4S.